The summed E-state index contributed by atoms with van der Waals surface area (Å²) < 4.78 is 6.68. The molecule has 0 saturated heterocycles. The Morgan fingerprint density at radius 3 is 2.36 bits per heavy atom. The zero-order chi connectivity index (χ0) is 19.6. The zero-order valence-corrected chi connectivity index (χ0v) is 17.0. The van der Waals surface area contributed by atoms with E-state index in [0.29, 0.717) is 17.8 Å². The van der Waals surface area contributed by atoms with E-state index in [0.717, 1.165) is 6.42 Å². The smallest absolute Gasteiger partial charge is 0.187 e. The molecule has 0 heterocycles. The SMILES string of the molecule is CC1=Cc2c(cccc2-c2ccc([N+](C)(C)COCc3ccccc3)cc2)C1. The van der Waals surface area contributed by atoms with Crippen molar-refractivity contribution in [1.82, 2.24) is 4.48 Å². The van der Waals surface area contributed by atoms with Crippen LogP contribution in [0.15, 0.2) is 78.4 Å². The Hall–Kier alpha value is -2.68. The number of hydrogen-bond acceptors (Lipinski definition) is 1. The normalized spacial score (nSPS) is 13.3. The lowest BCUT2D eigenvalue weighted by Crippen LogP contribution is -2.42. The molecule has 142 valence electrons. The highest BCUT2D eigenvalue weighted by Gasteiger charge is 2.20. The molecule has 0 unspecified atom stereocenters. The highest BCUT2D eigenvalue weighted by molar-refractivity contribution is 5.81. The summed E-state index contributed by atoms with van der Waals surface area (Å²) in [6.45, 7) is 3.49. The van der Waals surface area contributed by atoms with Crippen LogP contribution >= 0.6 is 0 Å². The van der Waals surface area contributed by atoms with Crippen molar-refractivity contribution in [2.45, 2.75) is 20.0 Å². The number of rotatable bonds is 6. The number of benzene rings is 3. The standard InChI is InChI=1S/C26H28NO/c1-20-16-23-10-7-11-25(26(23)17-20)22-12-14-24(15-13-22)27(2,3)19-28-18-21-8-5-4-6-9-21/h4-15,17H,16,18-19H2,1-3H3/q+1. The van der Waals surface area contributed by atoms with Gasteiger partial charge in [-0.3, -0.25) is 4.48 Å². The van der Waals surface area contributed by atoms with Gasteiger partial charge in [0.05, 0.1) is 20.7 Å². The van der Waals surface area contributed by atoms with Crippen LogP contribution in [-0.2, 0) is 17.8 Å². The molecule has 1 aliphatic carbocycles. The Balaban J connectivity index is 1.48. The molecule has 0 bridgehead atoms. The molecule has 0 aliphatic heterocycles. The van der Waals surface area contributed by atoms with E-state index in [4.69, 9.17) is 4.74 Å². The lowest BCUT2D eigenvalue weighted by Gasteiger charge is -2.29. The number of nitrogens with zero attached hydrogens (tertiary/aromatic N) is 1. The molecule has 0 atom stereocenters. The third kappa shape index (κ3) is 3.94. The van der Waals surface area contributed by atoms with E-state index in [1.807, 2.05) is 6.07 Å². The molecule has 3 aromatic carbocycles. The second-order valence-electron chi connectivity index (χ2n) is 8.24. The van der Waals surface area contributed by atoms with Gasteiger partial charge in [-0.2, -0.15) is 0 Å². The first-order valence-electron chi connectivity index (χ1n) is 9.88. The average molecular weight is 371 g/mol. The summed E-state index contributed by atoms with van der Waals surface area (Å²) in [5.41, 5.74) is 9.31. The van der Waals surface area contributed by atoms with Gasteiger partial charge in [0.15, 0.2) is 6.73 Å². The van der Waals surface area contributed by atoms with Crippen LogP contribution in [0.1, 0.15) is 23.6 Å². The molecule has 0 fully saturated rings. The Morgan fingerprint density at radius 2 is 1.61 bits per heavy atom. The first-order chi connectivity index (χ1) is 13.5. The molecule has 2 nitrogen and oxygen atoms in total. The number of ether oxygens (including phenoxy) is 1. The largest absolute Gasteiger partial charge is 0.327 e. The van der Waals surface area contributed by atoms with Gasteiger partial charge in [-0.1, -0.05) is 60.2 Å². The van der Waals surface area contributed by atoms with Crippen molar-refractivity contribution >= 4 is 11.8 Å². The van der Waals surface area contributed by atoms with E-state index in [1.165, 1.54) is 39.1 Å². The van der Waals surface area contributed by atoms with Gasteiger partial charge in [0.25, 0.3) is 0 Å². The first kappa shape index (κ1) is 18.7. The fourth-order valence-corrected chi connectivity index (χ4v) is 3.87. The fourth-order valence-electron chi connectivity index (χ4n) is 3.87. The zero-order valence-electron chi connectivity index (χ0n) is 17.0. The number of hydrogen-bond donors (Lipinski definition) is 0. The molecule has 4 rings (SSSR count). The summed E-state index contributed by atoms with van der Waals surface area (Å²) in [7, 11) is 4.37. The van der Waals surface area contributed by atoms with Crippen molar-refractivity contribution in [3.8, 4) is 11.1 Å². The van der Waals surface area contributed by atoms with E-state index >= 15 is 0 Å². The molecule has 0 aromatic heterocycles. The van der Waals surface area contributed by atoms with E-state index in [-0.39, 0.29) is 0 Å². The maximum atomic E-state index is 5.99. The van der Waals surface area contributed by atoms with Gasteiger partial charge in [-0.15, -0.1) is 0 Å². The fraction of sp³-hybridized carbons (Fsp3) is 0.231. The quantitative estimate of drug-likeness (QED) is 0.379. The number of fused-ring (bicyclic) bond motifs is 1. The van der Waals surface area contributed by atoms with Crippen LogP contribution in [0.3, 0.4) is 0 Å². The number of allylic oxidation sites excluding steroid dienone is 1. The Labute approximate surface area is 168 Å². The van der Waals surface area contributed by atoms with Crippen LogP contribution in [0.2, 0.25) is 0 Å². The Morgan fingerprint density at radius 1 is 0.857 bits per heavy atom. The Bertz CT molecular complexity index is 985. The molecule has 0 N–H and O–H groups in total. The van der Waals surface area contributed by atoms with Gasteiger partial charge in [-0.05, 0) is 65.4 Å². The van der Waals surface area contributed by atoms with Gasteiger partial charge in [-0.25, -0.2) is 0 Å². The Kier molecular flexibility index (Phi) is 5.17. The molecular formula is C26H28NO+. The molecule has 0 spiro atoms. The van der Waals surface area contributed by atoms with Gasteiger partial charge in [0.2, 0.25) is 0 Å². The van der Waals surface area contributed by atoms with Gasteiger partial charge in [0.1, 0.15) is 5.69 Å². The van der Waals surface area contributed by atoms with Crippen LogP contribution in [0.25, 0.3) is 17.2 Å². The summed E-state index contributed by atoms with van der Waals surface area (Å²) in [4.78, 5) is 0. The van der Waals surface area contributed by atoms with E-state index in [1.54, 1.807) is 0 Å². The molecule has 3 aromatic rings. The summed E-state index contributed by atoms with van der Waals surface area (Å²) in [6.07, 6.45) is 3.40. The van der Waals surface area contributed by atoms with Gasteiger partial charge >= 0.3 is 0 Å². The second kappa shape index (κ2) is 7.75. The maximum Gasteiger partial charge on any atom is 0.187 e. The topological polar surface area (TPSA) is 9.23 Å². The first-order valence-corrected chi connectivity index (χ1v) is 9.88. The predicted octanol–water partition coefficient (Wildman–Crippen LogP) is 6.05. The maximum absolute atomic E-state index is 5.99. The van der Waals surface area contributed by atoms with E-state index in [2.05, 4.69) is 93.8 Å². The molecule has 28 heavy (non-hydrogen) atoms. The van der Waals surface area contributed by atoms with E-state index in [9.17, 15) is 0 Å². The number of quaternary nitrogens is 1. The van der Waals surface area contributed by atoms with Crippen molar-refractivity contribution in [3.63, 3.8) is 0 Å². The molecule has 0 amide bonds. The summed E-state index contributed by atoms with van der Waals surface area (Å²) in [5, 5.41) is 0. The van der Waals surface area contributed by atoms with Crippen molar-refractivity contribution in [1.29, 1.82) is 0 Å². The summed E-state index contributed by atoms with van der Waals surface area (Å²) >= 11 is 0. The van der Waals surface area contributed by atoms with Gasteiger partial charge in [0, 0.05) is 0 Å². The summed E-state index contributed by atoms with van der Waals surface area (Å²) in [5.74, 6) is 0. The van der Waals surface area contributed by atoms with Crippen molar-refractivity contribution in [3.05, 3.63) is 95.1 Å². The minimum absolute atomic E-state index is 0.636. The van der Waals surface area contributed by atoms with Crippen LogP contribution < -0.4 is 4.48 Å². The molecule has 2 heteroatoms. The van der Waals surface area contributed by atoms with Crippen LogP contribution in [0.5, 0.6) is 0 Å². The van der Waals surface area contributed by atoms with Gasteiger partial charge < -0.3 is 4.74 Å². The minimum atomic E-state index is 0.636. The monoisotopic (exact) mass is 370 g/mol. The van der Waals surface area contributed by atoms with Crippen molar-refractivity contribution < 1.29 is 4.74 Å². The second-order valence-corrected chi connectivity index (χ2v) is 8.24. The van der Waals surface area contributed by atoms with Crippen LogP contribution in [0.4, 0.5) is 5.69 Å². The highest BCUT2D eigenvalue weighted by Crippen LogP contribution is 2.34. The third-order valence-corrected chi connectivity index (χ3v) is 5.46. The summed E-state index contributed by atoms with van der Waals surface area (Å²) in [6, 6.07) is 25.9. The molecular weight excluding hydrogens is 342 g/mol. The van der Waals surface area contributed by atoms with E-state index < -0.39 is 0 Å². The molecule has 0 saturated carbocycles. The molecule has 1 aliphatic rings. The lowest BCUT2D eigenvalue weighted by atomic mass is 9.97. The highest BCUT2D eigenvalue weighted by atomic mass is 16.5. The lowest BCUT2D eigenvalue weighted by molar-refractivity contribution is 0.0475. The average Bonchev–Trinajstić information content (AvgIpc) is 3.09. The molecule has 0 radical (unpaired) electrons. The minimum Gasteiger partial charge on any atom is -0.327 e. The van der Waals surface area contributed by atoms with Crippen molar-refractivity contribution in [2.75, 3.05) is 20.8 Å². The van der Waals surface area contributed by atoms with Crippen LogP contribution in [0, 0.1) is 0 Å². The van der Waals surface area contributed by atoms with Crippen LogP contribution in [-0.4, -0.2) is 20.8 Å². The predicted molar refractivity (Wildman–Crippen MR) is 119 cm³/mol. The van der Waals surface area contributed by atoms with Crippen molar-refractivity contribution in [2.24, 2.45) is 0 Å². The third-order valence-electron chi connectivity index (χ3n) is 5.46.